The minimum Gasteiger partial charge on any atom is -0.780 e. The van der Waals surface area contributed by atoms with Crippen LogP contribution in [0.15, 0.2) is 106 Å². The van der Waals surface area contributed by atoms with E-state index in [1.165, 1.54) is 43.0 Å². The van der Waals surface area contributed by atoms with E-state index in [1.54, 1.807) is 22.5 Å². The van der Waals surface area contributed by atoms with Gasteiger partial charge < -0.3 is 37.9 Å². The topological polar surface area (TPSA) is 0 Å². The fourth-order valence-electron chi connectivity index (χ4n) is 2.17. The Morgan fingerprint density at radius 2 is 0.800 bits per heavy atom. The van der Waals surface area contributed by atoms with Gasteiger partial charge in [0, 0.05) is 0 Å². The van der Waals surface area contributed by atoms with Gasteiger partial charge in [0.1, 0.15) is 0 Å². The molecule has 158 valence electrons. The Morgan fingerprint density at radius 3 is 1.03 bits per heavy atom. The average molecular weight is 559 g/mol. The molecule has 0 nitrogen and oxygen atoms in total. The summed E-state index contributed by atoms with van der Waals surface area (Å²) in [6, 6.07) is 28.8. The number of hydrogen-bond acceptors (Lipinski definition) is 3. The standard InChI is InChI=1S/C8H17.3C6H6S.Sn/c1-3-5-7-8-6-4-2;3*7-6-4-2-1-3-5-6;/h1,3-8H2,2H3;3*1-5,7H;/q;;;;+3/p-3. The van der Waals surface area contributed by atoms with Crippen LogP contribution in [0.4, 0.5) is 0 Å². The van der Waals surface area contributed by atoms with Gasteiger partial charge in [0.15, 0.2) is 0 Å². The molecule has 3 aromatic rings. The Labute approximate surface area is 214 Å². The Morgan fingerprint density at radius 1 is 0.500 bits per heavy atom. The van der Waals surface area contributed by atoms with Crippen LogP contribution < -0.4 is 0 Å². The van der Waals surface area contributed by atoms with Crippen molar-refractivity contribution in [3.63, 3.8) is 0 Å². The second-order valence-electron chi connectivity index (χ2n) is 6.46. The quantitative estimate of drug-likeness (QED) is 0.173. The summed E-state index contributed by atoms with van der Waals surface area (Å²) in [5.41, 5.74) is 0. The minimum atomic E-state index is 0.905. The molecular weight excluding hydrogens is 527 g/mol. The molecule has 0 unspecified atom stereocenters. The average Bonchev–Trinajstić information content (AvgIpc) is 2.77. The third-order valence-electron chi connectivity index (χ3n) is 3.76. The van der Waals surface area contributed by atoms with Crippen LogP contribution in [0.25, 0.3) is 0 Å². The van der Waals surface area contributed by atoms with Crippen LogP contribution in [0.5, 0.6) is 0 Å². The largest absolute Gasteiger partial charge is 0.780 e. The van der Waals surface area contributed by atoms with Crippen molar-refractivity contribution in [1.82, 2.24) is 0 Å². The molecule has 3 rings (SSSR count). The molecule has 0 radical (unpaired) electrons. The van der Waals surface area contributed by atoms with Crippen LogP contribution in [0.1, 0.15) is 45.4 Å². The predicted octanol–water partition coefficient (Wildman–Crippen LogP) is 7.71. The van der Waals surface area contributed by atoms with Crippen LogP contribution in [0, 0.1) is 0 Å². The first kappa shape index (κ1) is 29.1. The van der Waals surface area contributed by atoms with Gasteiger partial charge in [-0.1, -0.05) is 91.0 Å². The molecule has 0 heterocycles. The molecule has 0 saturated heterocycles. The maximum absolute atomic E-state index is 4.81. The van der Waals surface area contributed by atoms with Crippen molar-refractivity contribution in [2.24, 2.45) is 0 Å². The molecule has 0 spiro atoms. The molecule has 0 atom stereocenters. The first-order valence-electron chi connectivity index (χ1n) is 10.4. The maximum Gasteiger partial charge on any atom is -0.0624 e. The van der Waals surface area contributed by atoms with Crippen LogP contribution in [-0.4, -0.2) is 22.5 Å². The summed E-state index contributed by atoms with van der Waals surface area (Å²) in [6.45, 7) is 2.27. The molecule has 4 heteroatoms. The summed E-state index contributed by atoms with van der Waals surface area (Å²) in [4.78, 5) is 2.72. The molecule has 0 saturated carbocycles. The number of rotatable bonds is 6. The van der Waals surface area contributed by atoms with E-state index < -0.39 is 0 Å². The van der Waals surface area contributed by atoms with Gasteiger partial charge in [0.2, 0.25) is 0 Å². The van der Waals surface area contributed by atoms with Gasteiger partial charge in [0.05, 0.1) is 0 Å². The molecule has 3 aromatic carbocycles. The third kappa shape index (κ3) is 21.8. The van der Waals surface area contributed by atoms with Crippen LogP contribution in [-0.2, 0) is 37.9 Å². The smallest absolute Gasteiger partial charge is 0.0624 e. The zero-order valence-corrected chi connectivity index (χ0v) is 23.1. The SMILES string of the molecule is CCCCCCC[CH2][Sn+3].[S-]c1ccccc1.[S-]c1ccccc1.[S-]c1ccccc1. The van der Waals surface area contributed by atoms with Crippen LogP contribution >= 0.6 is 0 Å². The predicted molar refractivity (Wildman–Crippen MR) is 140 cm³/mol. The van der Waals surface area contributed by atoms with E-state index >= 15 is 0 Å². The van der Waals surface area contributed by atoms with Crippen molar-refractivity contribution >= 4 is 60.4 Å². The first-order chi connectivity index (χ1) is 14.6. The van der Waals surface area contributed by atoms with Crippen molar-refractivity contribution in [2.75, 3.05) is 0 Å². The van der Waals surface area contributed by atoms with Crippen molar-refractivity contribution < 1.29 is 0 Å². The van der Waals surface area contributed by atoms with E-state index in [2.05, 4.69) is 6.92 Å². The maximum atomic E-state index is 4.81. The van der Waals surface area contributed by atoms with E-state index in [9.17, 15) is 0 Å². The summed E-state index contributed by atoms with van der Waals surface area (Å²) in [7, 11) is 0. The van der Waals surface area contributed by atoms with Crippen molar-refractivity contribution in [3.8, 4) is 0 Å². The molecule has 0 amide bonds. The Bertz CT molecular complexity index is 596. The Hall–Kier alpha value is -0.881. The molecule has 30 heavy (non-hydrogen) atoms. The van der Waals surface area contributed by atoms with Crippen LogP contribution in [0.2, 0.25) is 4.44 Å². The fourth-order valence-corrected chi connectivity index (χ4v) is 3.35. The fraction of sp³-hybridized carbons (Fsp3) is 0.308. The zero-order chi connectivity index (χ0) is 22.3. The second-order valence-corrected chi connectivity index (χ2v) is 9.30. The summed E-state index contributed by atoms with van der Waals surface area (Å²) in [5, 5.41) is 0. The molecule has 0 aliphatic carbocycles. The third-order valence-corrected chi connectivity index (χ3v) is 5.59. The summed E-state index contributed by atoms with van der Waals surface area (Å²) >= 11 is 16.1. The summed E-state index contributed by atoms with van der Waals surface area (Å²) < 4.78 is 1.46. The van der Waals surface area contributed by atoms with Gasteiger partial charge >= 0.3 is 72.4 Å². The Kier molecular flexibility index (Phi) is 22.1. The van der Waals surface area contributed by atoms with Crippen molar-refractivity contribution in [1.29, 1.82) is 0 Å². The van der Waals surface area contributed by atoms with E-state index in [0.29, 0.717) is 0 Å². The van der Waals surface area contributed by atoms with Gasteiger partial charge in [-0.3, -0.25) is 0 Å². The monoisotopic (exact) mass is 560 g/mol. The molecule has 0 aliphatic heterocycles. The first-order valence-corrected chi connectivity index (χ1v) is 13.6. The van der Waals surface area contributed by atoms with Gasteiger partial charge in [-0.05, 0) is 0 Å². The molecule has 0 N–H and O–H groups in total. The van der Waals surface area contributed by atoms with Crippen molar-refractivity contribution in [2.45, 2.75) is 64.6 Å². The van der Waals surface area contributed by atoms with E-state index in [4.69, 9.17) is 37.9 Å². The van der Waals surface area contributed by atoms with Crippen LogP contribution in [0.3, 0.4) is 0 Å². The zero-order valence-electron chi connectivity index (χ0n) is 17.8. The number of hydrogen-bond donors (Lipinski definition) is 0. The van der Waals surface area contributed by atoms with E-state index in [0.717, 1.165) is 14.7 Å². The number of unbranched alkanes of at least 4 members (excludes halogenated alkanes) is 5. The minimum absolute atomic E-state index is 0.905. The van der Waals surface area contributed by atoms with Crippen molar-refractivity contribution in [3.05, 3.63) is 91.0 Å². The molecule has 0 fully saturated rings. The van der Waals surface area contributed by atoms with Gasteiger partial charge in [-0.2, -0.15) is 14.7 Å². The second kappa shape index (κ2) is 22.8. The van der Waals surface area contributed by atoms with E-state index in [-0.39, 0.29) is 0 Å². The Balaban J connectivity index is 0.000000375. The van der Waals surface area contributed by atoms with Gasteiger partial charge in [-0.25, -0.2) is 0 Å². The van der Waals surface area contributed by atoms with E-state index in [1.807, 2.05) is 91.0 Å². The molecule has 0 aromatic heterocycles. The summed E-state index contributed by atoms with van der Waals surface area (Å²) in [6.07, 6.45) is 8.71. The number of benzene rings is 3. The van der Waals surface area contributed by atoms with Gasteiger partial charge in [-0.15, -0.1) is 0 Å². The normalized spacial score (nSPS) is 9.03. The molecule has 0 bridgehead atoms. The molecule has 0 aliphatic rings. The summed E-state index contributed by atoms with van der Waals surface area (Å²) in [5.74, 6) is 0. The molecular formula is C26H32S3Sn. The van der Waals surface area contributed by atoms with Gasteiger partial charge in [0.25, 0.3) is 0 Å².